The van der Waals surface area contributed by atoms with Crippen LogP contribution in [0.15, 0.2) is 24.3 Å². The highest BCUT2D eigenvalue weighted by Crippen LogP contribution is 2.23. The van der Waals surface area contributed by atoms with E-state index in [0.29, 0.717) is 11.8 Å². The molecule has 3 rings (SSSR count). The molecule has 0 fully saturated rings. The van der Waals surface area contributed by atoms with Gasteiger partial charge in [-0.15, -0.1) is 0 Å². The topological polar surface area (TPSA) is 18.0 Å². The Balaban J connectivity index is 2.11. The molecule has 0 saturated carbocycles. The molecular formula is C23H35N2O+. The molecule has 0 spiro atoms. The van der Waals surface area contributed by atoms with Crippen LogP contribution in [0.1, 0.15) is 55.8 Å². The van der Waals surface area contributed by atoms with Crippen LogP contribution in [0.4, 0.5) is 0 Å². The molecule has 0 aromatic carbocycles. The van der Waals surface area contributed by atoms with E-state index in [1.54, 1.807) is 0 Å². The lowest BCUT2D eigenvalue weighted by molar-refractivity contribution is -0.699. The van der Waals surface area contributed by atoms with Crippen LogP contribution >= 0.6 is 0 Å². The van der Waals surface area contributed by atoms with Gasteiger partial charge in [-0.05, 0) is 69.2 Å². The maximum Gasteiger partial charge on any atom is 0.286 e. The van der Waals surface area contributed by atoms with Crippen molar-refractivity contribution in [1.29, 1.82) is 0 Å². The van der Waals surface area contributed by atoms with E-state index >= 15 is 0 Å². The van der Waals surface area contributed by atoms with E-state index in [1.807, 2.05) is 0 Å². The van der Waals surface area contributed by atoms with E-state index in [1.165, 1.54) is 34.9 Å². The Labute approximate surface area is 159 Å². The molecule has 0 aliphatic carbocycles. The number of aryl methyl sites for hydroxylation is 3. The number of nitrogens with zero attached hydrogens (tertiary/aromatic N) is 2. The predicted molar refractivity (Wildman–Crippen MR) is 107 cm³/mol. The maximum absolute atomic E-state index is 5.96. The lowest BCUT2D eigenvalue weighted by atomic mass is 9.87. The molecule has 3 heteroatoms. The van der Waals surface area contributed by atoms with Gasteiger partial charge in [0, 0.05) is 25.7 Å². The van der Waals surface area contributed by atoms with Gasteiger partial charge in [0.25, 0.3) is 5.82 Å². The Hall–Kier alpha value is -1.61. The summed E-state index contributed by atoms with van der Waals surface area (Å²) < 4.78 is 10.9. The summed E-state index contributed by atoms with van der Waals surface area (Å²) in [6.07, 6.45) is 4.63. The van der Waals surface area contributed by atoms with Crippen molar-refractivity contribution in [2.24, 2.45) is 11.8 Å². The highest BCUT2D eigenvalue weighted by atomic mass is 16.5. The Morgan fingerprint density at radius 1 is 1.12 bits per heavy atom. The molecule has 3 nitrogen and oxygen atoms in total. The summed E-state index contributed by atoms with van der Waals surface area (Å²) in [6, 6.07) is 9.21. The van der Waals surface area contributed by atoms with Crippen LogP contribution in [-0.2, 0) is 17.7 Å². The minimum absolute atomic E-state index is 0.602. The Morgan fingerprint density at radius 2 is 1.85 bits per heavy atom. The number of hydrogen-bond acceptors (Lipinski definition) is 1. The third-order valence-electron chi connectivity index (χ3n) is 5.98. The zero-order valence-corrected chi connectivity index (χ0v) is 17.2. The van der Waals surface area contributed by atoms with Crippen LogP contribution in [0.25, 0.3) is 5.82 Å². The standard InChI is InChI=1S/C23H35N2O/c1-6-21-15-22-13-17(2)14-23(25-19(4)9-10-20(25)5)24(22)11-7-8-12-26-16-18(21)3/h9-10,13-14,18,21H,6-8,11-12,15-16H2,1-5H3/q+1. The number of fused-ring (bicyclic) bond motifs is 1. The van der Waals surface area contributed by atoms with Crippen LogP contribution < -0.4 is 4.57 Å². The van der Waals surface area contributed by atoms with Gasteiger partial charge in [-0.3, -0.25) is 0 Å². The first-order chi connectivity index (χ1) is 12.5. The summed E-state index contributed by atoms with van der Waals surface area (Å²) in [7, 11) is 0. The molecule has 0 radical (unpaired) electrons. The Bertz CT molecular complexity index is 727. The van der Waals surface area contributed by atoms with Crippen molar-refractivity contribution in [1.82, 2.24) is 4.57 Å². The van der Waals surface area contributed by atoms with Gasteiger partial charge in [0.05, 0.1) is 6.54 Å². The summed E-state index contributed by atoms with van der Waals surface area (Å²) >= 11 is 0. The maximum atomic E-state index is 5.96. The molecule has 0 amide bonds. The van der Waals surface area contributed by atoms with Crippen LogP contribution in [0.3, 0.4) is 0 Å². The number of ether oxygens (including phenoxy) is 1. The average molecular weight is 356 g/mol. The molecule has 2 unspecified atom stereocenters. The third kappa shape index (κ3) is 4.03. The third-order valence-corrected chi connectivity index (χ3v) is 5.98. The van der Waals surface area contributed by atoms with Crippen LogP contribution in [-0.4, -0.2) is 17.8 Å². The molecule has 0 bridgehead atoms. The van der Waals surface area contributed by atoms with Gasteiger partial charge >= 0.3 is 0 Å². The van der Waals surface area contributed by atoms with E-state index in [2.05, 4.69) is 68.0 Å². The fourth-order valence-corrected chi connectivity index (χ4v) is 4.35. The van der Waals surface area contributed by atoms with Gasteiger partial charge in [-0.2, -0.15) is 0 Å². The summed E-state index contributed by atoms with van der Waals surface area (Å²) in [4.78, 5) is 0. The lowest BCUT2D eigenvalue weighted by Crippen LogP contribution is -2.44. The van der Waals surface area contributed by atoms with E-state index in [0.717, 1.165) is 39.0 Å². The fourth-order valence-electron chi connectivity index (χ4n) is 4.35. The molecule has 2 aromatic rings. The van der Waals surface area contributed by atoms with E-state index in [4.69, 9.17) is 4.74 Å². The van der Waals surface area contributed by atoms with Gasteiger partial charge in [-0.25, -0.2) is 9.13 Å². The molecule has 142 valence electrons. The lowest BCUT2D eigenvalue weighted by Gasteiger charge is -2.23. The molecule has 1 aliphatic heterocycles. The van der Waals surface area contributed by atoms with Crippen molar-refractivity contribution in [3.63, 3.8) is 0 Å². The minimum atomic E-state index is 0.602. The van der Waals surface area contributed by atoms with Gasteiger partial charge in [0.2, 0.25) is 0 Å². The molecule has 2 atom stereocenters. The second-order valence-corrected chi connectivity index (χ2v) is 8.12. The molecule has 0 saturated heterocycles. The van der Waals surface area contributed by atoms with Gasteiger partial charge < -0.3 is 4.74 Å². The van der Waals surface area contributed by atoms with Crippen LogP contribution in [0.2, 0.25) is 0 Å². The second-order valence-electron chi connectivity index (χ2n) is 8.12. The summed E-state index contributed by atoms with van der Waals surface area (Å²) in [5.74, 6) is 2.59. The zero-order valence-electron chi connectivity index (χ0n) is 17.2. The quantitative estimate of drug-likeness (QED) is 0.714. The van der Waals surface area contributed by atoms with E-state index < -0.39 is 0 Å². The number of pyridine rings is 1. The molecule has 2 aromatic heterocycles. The van der Waals surface area contributed by atoms with Crippen molar-refractivity contribution in [3.8, 4) is 5.82 Å². The van der Waals surface area contributed by atoms with Gasteiger partial charge in [0.1, 0.15) is 17.1 Å². The van der Waals surface area contributed by atoms with E-state index in [-0.39, 0.29) is 0 Å². The van der Waals surface area contributed by atoms with Crippen molar-refractivity contribution in [2.75, 3.05) is 13.2 Å². The molecule has 26 heavy (non-hydrogen) atoms. The van der Waals surface area contributed by atoms with Crippen molar-refractivity contribution in [2.45, 2.75) is 66.8 Å². The highest BCUT2D eigenvalue weighted by Gasteiger charge is 2.25. The zero-order chi connectivity index (χ0) is 18.7. The van der Waals surface area contributed by atoms with Crippen LogP contribution in [0, 0.1) is 32.6 Å². The van der Waals surface area contributed by atoms with Crippen molar-refractivity contribution < 1.29 is 9.30 Å². The second kappa shape index (κ2) is 8.39. The SMILES string of the molecule is CCC1Cc2cc(C)cc(-n3c(C)ccc3C)[n+]2CCCCOCC1C. The first-order valence-corrected chi connectivity index (χ1v) is 10.3. The monoisotopic (exact) mass is 355 g/mol. The summed E-state index contributed by atoms with van der Waals surface area (Å²) in [5.41, 5.74) is 5.45. The van der Waals surface area contributed by atoms with Crippen molar-refractivity contribution >= 4 is 0 Å². The Morgan fingerprint density at radius 3 is 2.54 bits per heavy atom. The van der Waals surface area contributed by atoms with Crippen molar-refractivity contribution in [3.05, 3.63) is 46.9 Å². The van der Waals surface area contributed by atoms with Crippen LogP contribution in [0.5, 0.6) is 0 Å². The van der Waals surface area contributed by atoms with E-state index in [9.17, 15) is 0 Å². The first-order valence-electron chi connectivity index (χ1n) is 10.3. The molecule has 0 N–H and O–H groups in total. The number of rotatable bonds is 2. The normalized spacial score (nSPS) is 21.9. The largest absolute Gasteiger partial charge is 0.381 e. The summed E-state index contributed by atoms with van der Waals surface area (Å²) in [6.45, 7) is 14.2. The molecular weight excluding hydrogens is 320 g/mol. The predicted octanol–water partition coefficient (Wildman–Crippen LogP) is 4.71. The Kier molecular flexibility index (Phi) is 6.18. The molecule has 1 aliphatic rings. The van der Waals surface area contributed by atoms with Gasteiger partial charge in [-0.1, -0.05) is 20.3 Å². The fraction of sp³-hybridized carbons (Fsp3) is 0.609. The number of hydrogen-bond donors (Lipinski definition) is 0. The number of aromatic nitrogens is 2. The minimum Gasteiger partial charge on any atom is -0.381 e. The summed E-state index contributed by atoms with van der Waals surface area (Å²) in [5, 5.41) is 0. The highest BCUT2D eigenvalue weighted by molar-refractivity contribution is 5.31. The average Bonchev–Trinajstić information content (AvgIpc) is 2.92. The first kappa shape index (κ1) is 19.2. The van der Waals surface area contributed by atoms with Gasteiger partial charge in [0.15, 0.2) is 0 Å². The smallest absolute Gasteiger partial charge is 0.286 e. The molecule has 3 heterocycles.